The molecule has 3 amide bonds. The molecule has 2 unspecified atom stereocenters. The van der Waals surface area contributed by atoms with E-state index in [-0.39, 0.29) is 18.0 Å². The number of H-pyrrole nitrogens is 1. The average molecular weight is 356 g/mol. The minimum absolute atomic E-state index is 0.00656. The summed E-state index contributed by atoms with van der Waals surface area (Å²) < 4.78 is 0. The molecule has 26 heavy (non-hydrogen) atoms. The molecule has 2 aromatic rings. The van der Waals surface area contributed by atoms with Crippen LogP contribution in [-0.2, 0) is 11.2 Å². The minimum atomic E-state index is -0.559. The lowest BCUT2D eigenvalue weighted by Gasteiger charge is -2.25. The summed E-state index contributed by atoms with van der Waals surface area (Å²) in [6, 6.07) is 7.25. The molecule has 0 spiro atoms. The summed E-state index contributed by atoms with van der Waals surface area (Å²) in [5.41, 5.74) is 2.08. The lowest BCUT2D eigenvalue weighted by molar-refractivity contribution is -0.132. The van der Waals surface area contributed by atoms with Crippen LogP contribution < -0.4 is 10.6 Å². The quantitative estimate of drug-likeness (QED) is 0.744. The Kier molecular flexibility index (Phi) is 5.81. The van der Waals surface area contributed by atoms with E-state index in [4.69, 9.17) is 0 Å². The van der Waals surface area contributed by atoms with E-state index in [9.17, 15) is 9.59 Å². The lowest BCUT2D eigenvalue weighted by atomic mass is 10.0. The molecule has 2 atom stereocenters. The van der Waals surface area contributed by atoms with Crippen molar-refractivity contribution >= 4 is 22.8 Å². The first-order valence-electron chi connectivity index (χ1n) is 9.49. The number of benzene rings is 1. The summed E-state index contributed by atoms with van der Waals surface area (Å²) in [7, 11) is 0. The summed E-state index contributed by atoms with van der Waals surface area (Å²) >= 11 is 0. The Hall–Kier alpha value is -2.50. The van der Waals surface area contributed by atoms with Crippen LogP contribution in [0, 0.1) is 0 Å². The van der Waals surface area contributed by atoms with Gasteiger partial charge in [0.1, 0.15) is 6.04 Å². The maximum absolute atomic E-state index is 13.0. The maximum Gasteiger partial charge on any atom is 0.315 e. The van der Waals surface area contributed by atoms with Gasteiger partial charge in [-0.05, 0) is 37.8 Å². The van der Waals surface area contributed by atoms with Gasteiger partial charge in [-0.1, -0.05) is 25.1 Å². The molecule has 1 fully saturated rings. The zero-order chi connectivity index (χ0) is 18.5. The highest BCUT2D eigenvalue weighted by Gasteiger charge is 2.28. The zero-order valence-corrected chi connectivity index (χ0v) is 15.5. The van der Waals surface area contributed by atoms with Crippen LogP contribution in [0.25, 0.3) is 10.9 Å². The smallest absolute Gasteiger partial charge is 0.315 e. The molecular formula is C20H28N4O2. The molecule has 6 nitrogen and oxygen atoms in total. The molecule has 0 bridgehead atoms. The van der Waals surface area contributed by atoms with Gasteiger partial charge in [0.25, 0.3) is 0 Å². The fraction of sp³-hybridized carbons (Fsp3) is 0.500. The van der Waals surface area contributed by atoms with Crippen molar-refractivity contribution in [1.29, 1.82) is 0 Å². The van der Waals surface area contributed by atoms with Gasteiger partial charge in [-0.15, -0.1) is 0 Å². The van der Waals surface area contributed by atoms with E-state index in [0.29, 0.717) is 6.42 Å². The zero-order valence-electron chi connectivity index (χ0n) is 15.5. The van der Waals surface area contributed by atoms with Crippen LogP contribution in [0.15, 0.2) is 30.5 Å². The Labute approximate surface area is 154 Å². The van der Waals surface area contributed by atoms with Crippen molar-refractivity contribution < 1.29 is 9.59 Å². The number of carbonyl (C=O) groups is 2. The van der Waals surface area contributed by atoms with Crippen LogP contribution in [0.3, 0.4) is 0 Å². The van der Waals surface area contributed by atoms with Gasteiger partial charge < -0.3 is 20.5 Å². The van der Waals surface area contributed by atoms with E-state index in [1.165, 1.54) is 0 Å². The number of amides is 3. The van der Waals surface area contributed by atoms with Crippen LogP contribution >= 0.6 is 0 Å². The summed E-state index contributed by atoms with van der Waals surface area (Å²) in [4.78, 5) is 30.4. The van der Waals surface area contributed by atoms with Crippen molar-refractivity contribution in [3.63, 3.8) is 0 Å². The second-order valence-electron chi connectivity index (χ2n) is 7.08. The van der Waals surface area contributed by atoms with Gasteiger partial charge in [0, 0.05) is 42.7 Å². The van der Waals surface area contributed by atoms with E-state index in [2.05, 4.69) is 15.6 Å². The summed E-state index contributed by atoms with van der Waals surface area (Å²) in [5.74, 6) is 0.00656. The number of nitrogens with zero attached hydrogens (tertiary/aromatic N) is 1. The van der Waals surface area contributed by atoms with Gasteiger partial charge in [0.15, 0.2) is 0 Å². The second kappa shape index (κ2) is 8.25. The Balaban J connectivity index is 1.77. The largest absolute Gasteiger partial charge is 0.361 e. The molecule has 140 valence electrons. The predicted molar refractivity (Wildman–Crippen MR) is 103 cm³/mol. The van der Waals surface area contributed by atoms with E-state index < -0.39 is 6.04 Å². The topological polar surface area (TPSA) is 77.2 Å². The van der Waals surface area contributed by atoms with Crippen molar-refractivity contribution in [2.75, 3.05) is 13.1 Å². The van der Waals surface area contributed by atoms with Gasteiger partial charge in [0.05, 0.1) is 0 Å². The van der Waals surface area contributed by atoms with Crippen molar-refractivity contribution in [3.8, 4) is 0 Å². The van der Waals surface area contributed by atoms with Gasteiger partial charge >= 0.3 is 6.03 Å². The Morgan fingerprint density at radius 1 is 1.19 bits per heavy atom. The second-order valence-corrected chi connectivity index (χ2v) is 7.08. The molecular weight excluding hydrogens is 328 g/mol. The molecule has 6 heteroatoms. The molecule has 0 saturated carbocycles. The average Bonchev–Trinajstić information content (AvgIpc) is 3.31. The van der Waals surface area contributed by atoms with Gasteiger partial charge in [-0.25, -0.2) is 4.79 Å². The first-order chi connectivity index (χ1) is 12.6. The third-order valence-electron chi connectivity index (χ3n) is 5.11. The van der Waals surface area contributed by atoms with Crippen molar-refractivity contribution in [3.05, 3.63) is 36.0 Å². The number of aromatic nitrogens is 1. The monoisotopic (exact) mass is 356 g/mol. The third-order valence-corrected chi connectivity index (χ3v) is 5.11. The maximum atomic E-state index is 13.0. The highest BCUT2D eigenvalue weighted by Crippen LogP contribution is 2.20. The van der Waals surface area contributed by atoms with Crippen LogP contribution in [-0.4, -0.2) is 47.0 Å². The number of likely N-dealkylation sites (tertiary alicyclic amines) is 1. The molecule has 2 heterocycles. The van der Waals surface area contributed by atoms with Crippen LogP contribution in [0.2, 0.25) is 0 Å². The van der Waals surface area contributed by atoms with E-state index in [0.717, 1.165) is 48.8 Å². The standard InChI is InChI=1S/C20H28N4O2/c1-3-14(2)22-20(26)23-18(19(25)24-10-6-7-11-24)12-15-13-21-17-9-5-4-8-16(15)17/h4-5,8-9,13-14,18,21H,3,6-7,10-12H2,1-2H3,(H2,22,23,26). The summed E-state index contributed by atoms with van der Waals surface area (Å²) in [6.45, 7) is 5.52. The normalized spacial score (nSPS) is 16.5. The molecule has 1 aliphatic rings. The summed E-state index contributed by atoms with van der Waals surface area (Å²) in [6.07, 6.45) is 5.33. The first-order valence-corrected chi connectivity index (χ1v) is 9.49. The minimum Gasteiger partial charge on any atom is -0.361 e. The number of hydrogen-bond acceptors (Lipinski definition) is 2. The number of carbonyl (C=O) groups excluding carboxylic acids is 2. The number of aromatic amines is 1. The summed E-state index contributed by atoms with van der Waals surface area (Å²) in [5, 5.41) is 6.89. The fourth-order valence-corrected chi connectivity index (χ4v) is 3.40. The van der Waals surface area contributed by atoms with Crippen LogP contribution in [0.4, 0.5) is 4.79 Å². The molecule has 0 aliphatic carbocycles. The van der Waals surface area contributed by atoms with E-state index in [1.807, 2.05) is 49.2 Å². The third kappa shape index (κ3) is 4.18. The molecule has 0 radical (unpaired) electrons. The Morgan fingerprint density at radius 2 is 1.92 bits per heavy atom. The fourth-order valence-electron chi connectivity index (χ4n) is 3.40. The highest BCUT2D eigenvalue weighted by molar-refractivity contribution is 5.89. The molecule has 1 aromatic carbocycles. The lowest BCUT2D eigenvalue weighted by Crippen LogP contribution is -2.53. The Morgan fingerprint density at radius 3 is 2.65 bits per heavy atom. The number of rotatable bonds is 6. The van der Waals surface area contributed by atoms with Gasteiger partial charge in [0.2, 0.25) is 5.91 Å². The molecule has 1 saturated heterocycles. The van der Waals surface area contributed by atoms with Crippen molar-refractivity contribution in [1.82, 2.24) is 20.5 Å². The van der Waals surface area contributed by atoms with E-state index >= 15 is 0 Å². The molecule has 1 aromatic heterocycles. The Bertz CT molecular complexity index is 764. The number of hydrogen-bond donors (Lipinski definition) is 3. The number of para-hydroxylation sites is 1. The van der Waals surface area contributed by atoms with E-state index in [1.54, 1.807) is 0 Å². The van der Waals surface area contributed by atoms with Crippen LogP contribution in [0.1, 0.15) is 38.7 Å². The van der Waals surface area contributed by atoms with Crippen LogP contribution in [0.5, 0.6) is 0 Å². The van der Waals surface area contributed by atoms with Gasteiger partial charge in [-0.3, -0.25) is 4.79 Å². The molecule has 1 aliphatic heterocycles. The highest BCUT2D eigenvalue weighted by atomic mass is 16.2. The predicted octanol–water partition coefficient (Wildman–Crippen LogP) is 2.80. The van der Waals surface area contributed by atoms with Gasteiger partial charge in [-0.2, -0.15) is 0 Å². The van der Waals surface area contributed by atoms with Crippen molar-refractivity contribution in [2.24, 2.45) is 0 Å². The SMILES string of the molecule is CCC(C)NC(=O)NC(Cc1c[nH]c2ccccc12)C(=O)N1CCCC1. The molecule has 3 rings (SSSR count). The number of urea groups is 1. The van der Waals surface area contributed by atoms with Crippen molar-refractivity contribution in [2.45, 2.75) is 51.6 Å². The first kappa shape index (κ1) is 18.3. The molecule has 3 N–H and O–H groups in total. The number of nitrogens with one attached hydrogen (secondary N) is 3. The number of fused-ring (bicyclic) bond motifs is 1.